The van der Waals surface area contributed by atoms with Gasteiger partial charge in [-0.2, -0.15) is 0 Å². The molecule has 0 aliphatic carbocycles. The Kier molecular flexibility index (Phi) is 7.28. The number of benzene rings is 2. The van der Waals surface area contributed by atoms with Crippen molar-refractivity contribution >= 4 is 27.6 Å². The Morgan fingerprint density at radius 2 is 1.60 bits per heavy atom. The molecule has 0 aromatic heterocycles. The number of carbonyl (C=O) groups excluding carboxylic acids is 2. The van der Waals surface area contributed by atoms with Gasteiger partial charge in [0.25, 0.3) is 15.9 Å². The molecule has 0 bridgehead atoms. The summed E-state index contributed by atoms with van der Waals surface area (Å²) in [5.74, 6) is -0.664. The third-order valence-corrected chi connectivity index (χ3v) is 5.34. The molecule has 0 saturated carbocycles. The van der Waals surface area contributed by atoms with Gasteiger partial charge in [0.15, 0.2) is 0 Å². The van der Waals surface area contributed by atoms with Crippen LogP contribution >= 0.6 is 0 Å². The lowest BCUT2D eigenvalue weighted by Gasteiger charge is -2.15. The molecule has 1 amide bonds. The predicted molar refractivity (Wildman–Crippen MR) is 111 cm³/mol. The van der Waals surface area contributed by atoms with Crippen molar-refractivity contribution in [3.63, 3.8) is 0 Å². The molecule has 0 aliphatic rings. The van der Waals surface area contributed by atoms with Gasteiger partial charge in [-0.25, -0.2) is 13.2 Å². The van der Waals surface area contributed by atoms with E-state index in [1.54, 1.807) is 13.8 Å². The fourth-order valence-corrected chi connectivity index (χ4v) is 3.65. The van der Waals surface area contributed by atoms with Gasteiger partial charge in [0.05, 0.1) is 42.0 Å². The van der Waals surface area contributed by atoms with Crippen LogP contribution in [0.1, 0.15) is 34.6 Å². The Morgan fingerprint density at radius 1 is 0.967 bits per heavy atom. The third kappa shape index (κ3) is 5.20. The number of hydrogen-bond donors (Lipinski definition) is 2. The zero-order chi connectivity index (χ0) is 22.5. The summed E-state index contributed by atoms with van der Waals surface area (Å²) in [5, 5.41) is 2.43. The van der Waals surface area contributed by atoms with Crippen LogP contribution in [0.15, 0.2) is 41.3 Å². The number of amides is 1. The van der Waals surface area contributed by atoms with Crippen molar-refractivity contribution < 1.29 is 32.2 Å². The first-order chi connectivity index (χ1) is 14.1. The standard InChI is InChI=1S/C20H24N2O7S/c1-12(2)29-20(24)13-6-8-18(28-5)16(10-13)22-30(25,26)14-7-9-17(27-4)15(11-14)19(23)21-3/h6-12,22H,1-5H3,(H,21,23). The van der Waals surface area contributed by atoms with Crippen LogP contribution in [0.25, 0.3) is 0 Å². The topological polar surface area (TPSA) is 120 Å². The molecule has 162 valence electrons. The maximum absolute atomic E-state index is 12.9. The van der Waals surface area contributed by atoms with Crippen LogP contribution < -0.4 is 19.5 Å². The van der Waals surface area contributed by atoms with E-state index in [-0.39, 0.29) is 39.3 Å². The molecule has 0 spiro atoms. The van der Waals surface area contributed by atoms with Crippen molar-refractivity contribution in [1.82, 2.24) is 5.32 Å². The number of methoxy groups -OCH3 is 2. The first-order valence-corrected chi connectivity index (χ1v) is 10.4. The summed E-state index contributed by atoms with van der Waals surface area (Å²) >= 11 is 0. The van der Waals surface area contributed by atoms with Crippen molar-refractivity contribution in [3.05, 3.63) is 47.5 Å². The Labute approximate surface area is 175 Å². The van der Waals surface area contributed by atoms with Gasteiger partial charge in [-0.1, -0.05) is 0 Å². The lowest BCUT2D eigenvalue weighted by molar-refractivity contribution is 0.0377. The Hall–Kier alpha value is -3.27. The second kappa shape index (κ2) is 9.49. The molecule has 2 rings (SSSR count). The average molecular weight is 436 g/mol. The van der Waals surface area contributed by atoms with Crippen LogP contribution in [0.4, 0.5) is 5.69 Å². The van der Waals surface area contributed by atoms with Crippen molar-refractivity contribution in [3.8, 4) is 11.5 Å². The highest BCUT2D eigenvalue weighted by Crippen LogP contribution is 2.30. The summed E-state index contributed by atoms with van der Waals surface area (Å²) in [4.78, 5) is 24.1. The second-order valence-electron chi connectivity index (χ2n) is 6.42. The van der Waals surface area contributed by atoms with E-state index in [0.717, 1.165) is 0 Å². The zero-order valence-electron chi connectivity index (χ0n) is 17.3. The summed E-state index contributed by atoms with van der Waals surface area (Å²) in [5.41, 5.74) is 0.264. The van der Waals surface area contributed by atoms with Crippen molar-refractivity contribution in [2.75, 3.05) is 26.0 Å². The number of carbonyl (C=O) groups is 2. The molecule has 2 N–H and O–H groups in total. The minimum absolute atomic E-state index is 0.0491. The molecule has 9 nitrogen and oxygen atoms in total. The molecule has 2 aromatic rings. The van der Waals surface area contributed by atoms with Crippen LogP contribution in [0.3, 0.4) is 0 Å². The molecule has 0 radical (unpaired) electrons. The van der Waals surface area contributed by atoms with Crippen LogP contribution in [0.2, 0.25) is 0 Å². The van der Waals surface area contributed by atoms with E-state index in [4.69, 9.17) is 14.2 Å². The lowest BCUT2D eigenvalue weighted by Crippen LogP contribution is -2.20. The molecule has 0 heterocycles. The minimum atomic E-state index is -4.12. The van der Waals surface area contributed by atoms with Crippen LogP contribution in [0, 0.1) is 0 Å². The summed E-state index contributed by atoms with van der Waals surface area (Å²) in [6, 6.07) is 8.13. The lowest BCUT2D eigenvalue weighted by atomic mass is 10.2. The highest BCUT2D eigenvalue weighted by atomic mass is 32.2. The van der Waals surface area contributed by atoms with Crippen LogP contribution in [-0.4, -0.2) is 47.7 Å². The van der Waals surface area contributed by atoms with E-state index in [0.29, 0.717) is 0 Å². The van der Waals surface area contributed by atoms with Crippen molar-refractivity contribution in [2.24, 2.45) is 0 Å². The fraction of sp³-hybridized carbons (Fsp3) is 0.300. The van der Waals surface area contributed by atoms with E-state index in [2.05, 4.69) is 10.0 Å². The van der Waals surface area contributed by atoms with Gasteiger partial charge in [0, 0.05) is 7.05 Å². The normalized spacial score (nSPS) is 11.0. The average Bonchev–Trinajstić information content (AvgIpc) is 2.71. The van der Waals surface area contributed by atoms with E-state index < -0.39 is 21.9 Å². The smallest absolute Gasteiger partial charge is 0.338 e. The maximum atomic E-state index is 12.9. The monoisotopic (exact) mass is 436 g/mol. The molecule has 0 aliphatic heterocycles. The first-order valence-electron chi connectivity index (χ1n) is 8.95. The van der Waals surface area contributed by atoms with Gasteiger partial charge in [0.1, 0.15) is 11.5 Å². The Bertz CT molecular complexity index is 1050. The highest BCUT2D eigenvalue weighted by molar-refractivity contribution is 7.92. The number of nitrogens with one attached hydrogen (secondary N) is 2. The van der Waals surface area contributed by atoms with E-state index >= 15 is 0 Å². The Morgan fingerprint density at radius 3 is 2.17 bits per heavy atom. The van der Waals surface area contributed by atoms with E-state index in [1.807, 2.05) is 0 Å². The van der Waals surface area contributed by atoms with Gasteiger partial charge in [-0.05, 0) is 50.2 Å². The summed E-state index contributed by atoms with van der Waals surface area (Å²) < 4.78 is 43.7. The summed E-state index contributed by atoms with van der Waals surface area (Å²) in [7, 11) is 0.0532. The van der Waals surface area contributed by atoms with Gasteiger partial charge in [0.2, 0.25) is 0 Å². The molecule has 0 unspecified atom stereocenters. The number of hydrogen-bond acceptors (Lipinski definition) is 7. The molecular formula is C20H24N2O7S. The summed E-state index contributed by atoms with van der Waals surface area (Å²) in [6.07, 6.45) is -0.331. The Balaban J connectivity index is 2.45. The predicted octanol–water partition coefficient (Wildman–Crippen LogP) is 2.43. The third-order valence-electron chi connectivity index (χ3n) is 3.98. The second-order valence-corrected chi connectivity index (χ2v) is 8.10. The maximum Gasteiger partial charge on any atom is 0.338 e. The number of ether oxygens (including phenoxy) is 3. The fourth-order valence-electron chi connectivity index (χ4n) is 2.57. The number of sulfonamides is 1. The minimum Gasteiger partial charge on any atom is -0.496 e. The highest BCUT2D eigenvalue weighted by Gasteiger charge is 2.22. The molecule has 30 heavy (non-hydrogen) atoms. The van der Waals surface area contributed by atoms with Gasteiger partial charge >= 0.3 is 5.97 Å². The number of anilines is 1. The van der Waals surface area contributed by atoms with Gasteiger partial charge in [-0.15, -0.1) is 0 Å². The molecule has 2 aromatic carbocycles. The number of rotatable bonds is 8. The van der Waals surface area contributed by atoms with Crippen molar-refractivity contribution in [2.45, 2.75) is 24.8 Å². The van der Waals surface area contributed by atoms with Gasteiger partial charge < -0.3 is 19.5 Å². The molecule has 0 saturated heterocycles. The summed E-state index contributed by atoms with van der Waals surface area (Å²) in [6.45, 7) is 3.41. The quantitative estimate of drug-likeness (QED) is 0.610. The number of esters is 1. The van der Waals surface area contributed by atoms with Crippen molar-refractivity contribution in [1.29, 1.82) is 0 Å². The van der Waals surface area contributed by atoms with Gasteiger partial charge in [-0.3, -0.25) is 9.52 Å². The van der Waals surface area contributed by atoms with E-state index in [1.165, 1.54) is 57.7 Å². The SMILES string of the molecule is CNC(=O)c1cc(S(=O)(=O)Nc2cc(C(=O)OC(C)C)ccc2OC)ccc1OC. The largest absolute Gasteiger partial charge is 0.496 e. The van der Waals surface area contributed by atoms with E-state index in [9.17, 15) is 18.0 Å². The molecule has 0 fully saturated rings. The zero-order valence-corrected chi connectivity index (χ0v) is 18.1. The molecule has 10 heteroatoms. The van der Waals surface area contributed by atoms with Crippen LogP contribution in [0.5, 0.6) is 11.5 Å². The molecule has 0 atom stereocenters. The first kappa shape index (κ1) is 23.0. The van der Waals surface area contributed by atoms with Crippen LogP contribution in [-0.2, 0) is 14.8 Å². The molecular weight excluding hydrogens is 412 g/mol.